The van der Waals surface area contributed by atoms with Crippen molar-refractivity contribution < 1.29 is 28.6 Å². The van der Waals surface area contributed by atoms with Crippen LogP contribution in [-0.2, 0) is 32.3 Å². The summed E-state index contributed by atoms with van der Waals surface area (Å²) < 4.78 is 15.7. The van der Waals surface area contributed by atoms with Gasteiger partial charge in [-0.15, -0.1) is 0 Å². The van der Waals surface area contributed by atoms with E-state index in [0.29, 0.717) is 11.4 Å². The minimum atomic E-state index is -1.05. The number of anilines is 1. The van der Waals surface area contributed by atoms with Gasteiger partial charge in [0.15, 0.2) is 0 Å². The lowest BCUT2D eigenvalue weighted by Crippen LogP contribution is -2.42. The van der Waals surface area contributed by atoms with Crippen LogP contribution < -0.4 is 15.4 Å². The first-order valence-corrected chi connectivity index (χ1v) is 11.1. The number of benzene rings is 3. The minimum absolute atomic E-state index is 0.0178. The van der Waals surface area contributed by atoms with Gasteiger partial charge in [-0.1, -0.05) is 60.7 Å². The van der Waals surface area contributed by atoms with Gasteiger partial charge in [-0.3, -0.25) is 4.79 Å². The Bertz CT molecular complexity index is 1090. The van der Waals surface area contributed by atoms with E-state index in [1.165, 1.54) is 0 Å². The Morgan fingerprint density at radius 1 is 0.771 bits per heavy atom. The van der Waals surface area contributed by atoms with E-state index >= 15 is 0 Å². The van der Waals surface area contributed by atoms with Crippen molar-refractivity contribution in [3.05, 3.63) is 96.1 Å². The number of ether oxygens (including phenoxy) is 3. The average Bonchev–Trinajstić information content (AvgIpc) is 2.90. The maximum absolute atomic E-state index is 12.7. The minimum Gasteiger partial charge on any atom is -0.497 e. The number of rotatable bonds is 11. The van der Waals surface area contributed by atoms with Crippen molar-refractivity contribution in [2.24, 2.45) is 0 Å². The van der Waals surface area contributed by atoms with E-state index in [9.17, 15) is 14.4 Å². The molecule has 0 aliphatic rings. The summed E-state index contributed by atoms with van der Waals surface area (Å²) in [5, 5.41) is 5.28. The number of amides is 2. The highest BCUT2D eigenvalue weighted by Gasteiger charge is 2.24. The largest absolute Gasteiger partial charge is 0.497 e. The van der Waals surface area contributed by atoms with Gasteiger partial charge in [0.1, 0.15) is 25.0 Å². The third kappa shape index (κ3) is 8.85. The lowest BCUT2D eigenvalue weighted by Gasteiger charge is -2.18. The standard InChI is InChI=1S/C27H28N2O6/c1-33-23-14-12-22(13-15-23)28-25(30)17-16-24(26(31)34-18-20-8-4-2-5-9-20)29-27(32)35-19-21-10-6-3-7-11-21/h2-15,24H,16-19H2,1H3,(H,28,30)(H,29,32)/t24-/m1/s1. The molecule has 2 amide bonds. The van der Waals surface area contributed by atoms with E-state index in [4.69, 9.17) is 14.2 Å². The summed E-state index contributed by atoms with van der Waals surface area (Å²) in [6.45, 7) is 0.103. The zero-order chi connectivity index (χ0) is 24.9. The molecule has 3 aromatic carbocycles. The molecule has 3 rings (SSSR count). The van der Waals surface area contributed by atoms with Crippen molar-refractivity contribution in [3.63, 3.8) is 0 Å². The molecule has 0 aromatic heterocycles. The highest BCUT2D eigenvalue weighted by Crippen LogP contribution is 2.15. The second-order valence-electron chi connectivity index (χ2n) is 7.67. The molecular formula is C27H28N2O6. The summed E-state index contributed by atoms with van der Waals surface area (Å²) in [6, 6.07) is 24.2. The van der Waals surface area contributed by atoms with Crippen LogP contribution in [0.1, 0.15) is 24.0 Å². The van der Waals surface area contributed by atoms with Gasteiger partial charge in [0.2, 0.25) is 5.91 Å². The first kappa shape index (κ1) is 25.3. The lowest BCUT2D eigenvalue weighted by atomic mass is 10.1. The molecule has 0 spiro atoms. The molecule has 0 saturated carbocycles. The Balaban J connectivity index is 1.56. The van der Waals surface area contributed by atoms with E-state index in [0.717, 1.165) is 11.1 Å². The van der Waals surface area contributed by atoms with Crippen LogP contribution in [0.15, 0.2) is 84.9 Å². The van der Waals surface area contributed by atoms with Crippen LogP contribution in [0, 0.1) is 0 Å². The number of nitrogens with one attached hydrogen (secondary N) is 2. The summed E-state index contributed by atoms with van der Waals surface area (Å²) in [6.07, 6.45) is -0.752. The molecule has 0 unspecified atom stereocenters. The second kappa shape index (κ2) is 13.4. The van der Waals surface area contributed by atoms with Crippen LogP contribution in [-0.4, -0.2) is 31.1 Å². The number of alkyl carbamates (subject to hydrolysis) is 1. The van der Waals surface area contributed by atoms with E-state index < -0.39 is 18.1 Å². The quantitative estimate of drug-likeness (QED) is 0.396. The van der Waals surface area contributed by atoms with Gasteiger partial charge < -0.3 is 24.8 Å². The SMILES string of the molecule is COc1ccc(NC(=O)CC[C@@H](NC(=O)OCc2ccccc2)C(=O)OCc2ccccc2)cc1. The normalized spacial score (nSPS) is 11.1. The van der Waals surface area contributed by atoms with E-state index in [1.54, 1.807) is 31.4 Å². The maximum Gasteiger partial charge on any atom is 0.408 e. The molecule has 0 saturated heterocycles. The van der Waals surface area contributed by atoms with Gasteiger partial charge in [-0.05, 0) is 41.8 Å². The van der Waals surface area contributed by atoms with Crippen LogP contribution in [0.3, 0.4) is 0 Å². The zero-order valence-corrected chi connectivity index (χ0v) is 19.4. The van der Waals surface area contributed by atoms with Gasteiger partial charge >= 0.3 is 12.1 Å². The van der Waals surface area contributed by atoms with Crippen molar-refractivity contribution in [1.82, 2.24) is 5.32 Å². The molecule has 0 bridgehead atoms. The van der Waals surface area contributed by atoms with Crippen LogP contribution in [0.25, 0.3) is 0 Å². The van der Waals surface area contributed by atoms with E-state index in [1.807, 2.05) is 60.7 Å². The van der Waals surface area contributed by atoms with Crippen molar-refractivity contribution in [3.8, 4) is 5.75 Å². The van der Waals surface area contributed by atoms with E-state index in [2.05, 4.69) is 10.6 Å². The van der Waals surface area contributed by atoms with Crippen LogP contribution in [0.4, 0.5) is 10.5 Å². The number of esters is 1. The third-order valence-corrected chi connectivity index (χ3v) is 5.05. The molecule has 2 N–H and O–H groups in total. The smallest absolute Gasteiger partial charge is 0.408 e. The highest BCUT2D eigenvalue weighted by atomic mass is 16.6. The molecule has 3 aromatic rings. The van der Waals surface area contributed by atoms with Crippen molar-refractivity contribution in [2.45, 2.75) is 32.1 Å². The summed E-state index contributed by atoms with van der Waals surface area (Å²) in [5.74, 6) is -0.291. The van der Waals surface area contributed by atoms with Crippen molar-refractivity contribution >= 4 is 23.7 Å². The second-order valence-corrected chi connectivity index (χ2v) is 7.67. The van der Waals surface area contributed by atoms with Crippen LogP contribution >= 0.6 is 0 Å². The van der Waals surface area contributed by atoms with Gasteiger partial charge in [0.25, 0.3) is 0 Å². The Labute approximate surface area is 204 Å². The molecule has 1 atom stereocenters. The number of carbonyl (C=O) groups excluding carboxylic acids is 3. The third-order valence-electron chi connectivity index (χ3n) is 5.05. The van der Waals surface area contributed by atoms with Crippen LogP contribution in [0.5, 0.6) is 5.75 Å². The monoisotopic (exact) mass is 476 g/mol. The highest BCUT2D eigenvalue weighted by molar-refractivity contribution is 5.91. The Hall–Kier alpha value is -4.33. The van der Waals surface area contributed by atoms with Crippen molar-refractivity contribution in [2.75, 3.05) is 12.4 Å². The maximum atomic E-state index is 12.7. The molecule has 8 nitrogen and oxygen atoms in total. The van der Waals surface area contributed by atoms with Gasteiger partial charge in [-0.2, -0.15) is 0 Å². The molecule has 0 aliphatic carbocycles. The summed E-state index contributed by atoms with van der Waals surface area (Å²) in [7, 11) is 1.56. The molecule has 0 fully saturated rings. The Morgan fingerprint density at radius 2 is 1.34 bits per heavy atom. The predicted molar refractivity (Wildman–Crippen MR) is 131 cm³/mol. The summed E-state index contributed by atoms with van der Waals surface area (Å²) >= 11 is 0. The lowest BCUT2D eigenvalue weighted by molar-refractivity contribution is -0.147. The van der Waals surface area contributed by atoms with Gasteiger partial charge in [0, 0.05) is 12.1 Å². The zero-order valence-electron chi connectivity index (χ0n) is 19.4. The van der Waals surface area contributed by atoms with Gasteiger partial charge in [-0.25, -0.2) is 9.59 Å². The molecule has 35 heavy (non-hydrogen) atoms. The Kier molecular flexibility index (Phi) is 9.68. The molecule has 0 aliphatic heterocycles. The fourth-order valence-electron chi connectivity index (χ4n) is 3.16. The molecule has 0 radical (unpaired) electrons. The number of hydrogen-bond acceptors (Lipinski definition) is 6. The topological polar surface area (TPSA) is 103 Å². The summed E-state index contributed by atoms with van der Waals surface area (Å²) in [4.78, 5) is 37.5. The molecule has 182 valence electrons. The van der Waals surface area contributed by atoms with E-state index in [-0.39, 0.29) is 32.0 Å². The molecular weight excluding hydrogens is 448 g/mol. The van der Waals surface area contributed by atoms with Crippen molar-refractivity contribution in [1.29, 1.82) is 0 Å². The first-order chi connectivity index (χ1) is 17.0. The van der Waals surface area contributed by atoms with Crippen LogP contribution in [0.2, 0.25) is 0 Å². The predicted octanol–water partition coefficient (Wildman–Crippen LogP) is 4.45. The molecule has 8 heteroatoms. The first-order valence-electron chi connectivity index (χ1n) is 11.1. The van der Waals surface area contributed by atoms with Gasteiger partial charge in [0.05, 0.1) is 7.11 Å². The number of carbonyl (C=O) groups is 3. The Morgan fingerprint density at radius 3 is 1.91 bits per heavy atom. The fourth-order valence-corrected chi connectivity index (χ4v) is 3.16. The average molecular weight is 477 g/mol. The summed E-state index contributed by atoms with van der Waals surface area (Å²) in [5.41, 5.74) is 2.21. The molecule has 0 heterocycles. The number of methoxy groups -OCH3 is 1. The fraction of sp³-hybridized carbons (Fsp3) is 0.222. The number of hydrogen-bond donors (Lipinski definition) is 2.